The lowest BCUT2D eigenvalue weighted by Gasteiger charge is -2.35. The van der Waals surface area contributed by atoms with Crippen LogP contribution < -0.4 is 0 Å². The first-order valence-electron chi connectivity index (χ1n) is 6.59. The molecule has 0 radical (unpaired) electrons. The summed E-state index contributed by atoms with van der Waals surface area (Å²) in [5.41, 5.74) is 0.997. The summed E-state index contributed by atoms with van der Waals surface area (Å²) in [6.45, 7) is 1.96. The predicted molar refractivity (Wildman–Crippen MR) is 68.1 cm³/mol. The van der Waals surface area contributed by atoms with E-state index in [-0.39, 0.29) is 18.1 Å². The monoisotopic (exact) mass is 279 g/mol. The molecule has 2 bridgehead atoms. The molecular formula is C14H17NO5. The van der Waals surface area contributed by atoms with Crippen molar-refractivity contribution >= 4 is 5.91 Å². The Morgan fingerprint density at radius 2 is 2.05 bits per heavy atom. The van der Waals surface area contributed by atoms with E-state index >= 15 is 0 Å². The first-order chi connectivity index (χ1) is 9.74. The fraction of sp³-hybridized carbons (Fsp3) is 0.500. The summed E-state index contributed by atoms with van der Waals surface area (Å²) < 4.78 is 16.1. The Labute approximate surface area is 117 Å². The number of hydroxylamine groups is 2. The van der Waals surface area contributed by atoms with Crippen molar-refractivity contribution in [2.75, 3.05) is 13.2 Å². The number of benzene rings is 1. The molecular weight excluding hydrogens is 262 g/mol. The topological polar surface area (TPSA) is 57.2 Å². The van der Waals surface area contributed by atoms with Crippen molar-refractivity contribution in [3.05, 3.63) is 35.9 Å². The van der Waals surface area contributed by atoms with E-state index < -0.39 is 6.48 Å². The number of hydrogen-bond donors (Lipinski definition) is 0. The molecule has 6 nitrogen and oxygen atoms in total. The number of ether oxygens (including phenoxy) is 3. The molecule has 2 saturated heterocycles. The molecule has 0 aliphatic carbocycles. The maximum atomic E-state index is 11.8. The minimum atomic E-state index is -0.598. The zero-order chi connectivity index (χ0) is 13.9. The lowest BCUT2D eigenvalue weighted by Crippen LogP contribution is -2.52. The minimum Gasteiger partial charge on any atom is -0.328 e. The van der Waals surface area contributed by atoms with Crippen LogP contribution in [0.3, 0.4) is 0 Å². The standard InChI is InChI=1S/C14H17NO5/c1-10(16)15(19-7-11-5-3-2-4-6-11)12-8-17-14-18-9-13(12)20-14/h2-6,12-14H,7-9H2,1H3/t12-,13+,14+/m1/s1. The van der Waals surface area contributed by atoms with Crippen molar-refractivity contribution in [3.63, 3.8) is 0 Å². The summed E-state index contributed by atoms with van der Waals surface area (Å²) in [5, 5.41) is 1.34. The zero-order valence-electron chi connectivity index (χ0n) is 11.2. The van der Waals surface area contributed by atoms with E-state index in [2.05, 4.69) is 0 Å². The van der Waals surface area contributed by atoms with Crippen molar-refractivity contribution < 1.29 is 23.8 Å². The lowest BCUT2D eigenvalue weighted by molar-refractivity contribution is -0.299. The Balaban J connectivity index is 1.65. The van der Waals surface area contributed by atoms with Crippen LogP contribution >= 0.6 is 0 Å². The smallest absolute Gasteiger partial charge is 0.272 e. The van der Waals surface area contributed by atoms with E-state index in [0.717, 1.165) is 5.56 Å². The minimum absolute atomic E-state index is 0.177. The lowest BCUT2D eigenvalue weighted by atomic mass is 10.1. The van der Waals surface area contributed by atoms with Gasteiger partial charge >= 0.3 is 0 Å². The van der Waals surface area contributed by atoms with Gasteiger partial charge in [0, 0.05) is 6.92 Å². The molecule has 0 spiro atoms. The summed E-state index contributed by atoms with van der Waals surface area (Å²) in [6.07, 6.45) is -0.201. The second-order valence-electron chi connectivity index (χ2n) is 4.80. The maximum Gasteiger partial charge on any atom is 0.272 e. The van der Waals surface area contributed by atoms with Gasteiger partial charge in [-0.05, 0) is 5.56 Å². The largest absolute Gasteiger partial charge is 0.328 e. The number of carbonyl (C=O) groups excluding carboxylic acids is 1. The fourth-order valence-corrected chi connectivity index (χ4v) is 2.33. The molecule has 108 valence electrons. The first kappa shape index (κ1) is 13.5. The molecule has 1 aromatic rings. The Morgan fingerprint density at radius 1 is 1.30 bits per heavy atom. The van der Waals surface area contributed by atoms with Gasteiger partial charge in [0.25, 0.3) is 6.48 Å². The SMILES string of the molecule is CC(=O)N(OCc1ccccc1)[C@@H]1CO[C@H]2OC[C@@H]1O2. The summed E-state index contributed by atoms with van der Waals surface area (Å²) >= 11 is 0. The van der Waals surface area contributed by atoms with Crippen molar-refractivity contribution in [2.45, 2.75) is 32.2 Å². The quantitative estimate of drug-likeness (QED) is 0.771. The highest BCUT2D eigenvalue weighted by Crippen LogP contribution is 2.25. The van der Waals surface area contributed by atoms with E-state index in [0.29, 0.717) is 19.8 Å². The summed E-state index contributed by atoms with van der Waals surface area (Å²) in [7, 11) is 0. The maximum absolute atomic E-state index is 11.8. The third-order valence-electron chi connectivity index (χ3n) is 3.34. The van der Waals surface area contributed by atoms with E-state index in [4.69, 9.17) is 19.0 Å². The van der Waals surface area contributed by atoms with Crippen molar-refractivity contribution in [1.82, 2.24) is 5.06 Å². The number of rotatable bonds is 4. The fourth-order valence-electron chi connectivity index (χ4n) is 2.33. The Hall–Kier alpha value is -1.47. The molecule has 0 saturated carbocycles. The van der Waals surface area contributed by atoms with Crippen LogP contribution in [-0.2, 0) is 30.4 Å². The van der Waals surface area contributed by atoms with Crippen molar-refractivity contribution in [2.24, 2.45) is 0 Å². The van der Waals surface area contributed by atoms with E-state index in [1.165, 1.54) is 12.0 Å². The number of amides is 1. The molecule has 0 unspecified atom stereocenters. The molecule has 3 atom stereocenters. The van der Waals surface area contributed by atoms with E-state index in [1.807, 2.05) is 30.3 Å². The van der Waals surface area contributed by atoms with Gasteiger partial charge in [0.15, 0.2) is 0 Å². The molecule has 1 aromatic carbocycles. The number of fused-ring (bicyclic) bond motifs is 2. The third kappa shape index (κ3) is 2.83. The highest BCUT2D eigenvalue weighted by atomic mass is 16.9. The average molecular weight is 279 g/mol. The van der Waals surface area contributed by atoms with Crippen molar-refractivity contribution in [1.29, 1.82) is 0 Å². The Kier molecular flexibility index (Phi) is 3.98. The van der Waals surface area contributed by atoms with Crippen LogP contribution in [0, 0.1) is 0 Å². The van der Waals surface area contributed by atoms with Crippen LogP contribution in [-0.4, -0.2) is 42.8 Å². The second-order valence-corrected chi connectivity index (χ2v) is 4.80. The van der Waals surface area contributed by atoms with E-state index in [9.17, 15) is 4.79 Å². The molecule has 2 fully saturated rings. The number of carbonyl (C=O) groups is 1. The first-order valence-corrected chi connectivity index (χ1v) is 6.59. The van der Waals surface area contributed by atoms with Gasteiger partial charge in [0.1, 0.15) is 18.8 Å². The van der Waals surface area contributed by atoms with Gasteiger partial charge in [0.2, 0.25) is 5.91 Å². The molecule has 0 aromatic heterocycles. The van der Waals surface area contributed by atoms with Gasteiger partial charge in [-0.3, -0.25) is 9.63 Å². The highest BCUT2D eigenvalue weighted by molar-refractivity contribution is 5.72. The van der Waals surface area contributed by atoms with Crippen LogP contribution in [0.25, 0.3) is 0 Å². The average Bonchev–Trinajstić information content (AvgIpc) is 2.84. The van der Waals surface area contributed by atoms with Crippen LogP contribution in [0.15, 0.2) is 30.3 Å². The van der Waals surface area contributed by atoms with Gasteiger partial charge in [0.05, 0.1) is 13.2 Å². The van der Waals surface area contributed by atoms with Crippen LogP contribution in [0.4, 0.5) is 0 Å². The molecule has 2 heterocycles. The summed E-state index contributed by atoms with van der Waals surface area (Å²) in [5.74, 6) is -0.177. The van der Waals surface area contributed by atoms with Crippen LogP contribution in [0.5, 0.6) is 0 Å². The van der Waals surface area contributed by atoms with Crippen molar-refractivity contribution in [3.8, 4) is 0 Å². The molecule has 20 heavy (non-hydrogen) atoms. The molecule has 2 aliphatic rings. The van der Waals surface area contributed by atoms with Crippen LogP contribution in [0.2, 0.25) is 0 Å². The molecule has 3 rings (SSSR count). The summed E-state index contributed by atoms with van der Waals surface area (Å²) in [4.78, 5) is 17.4. The molecule has 0 N–H and O–H groups in total. The van der Waals surface area contributed by atoms with Gasteiger partial charge in [-0.25, -0.2) is 5.06 Å². The van der Waals surface area contributed by atoms with Crippen LogP contribution in [0.1, 0.15) is 12.5 Å². The zero-order valence-corrected chi connectivity index (χ0v) is 11.2. The normalized spacial score (nSPS) is 28.4. The second kappa shape index (κ2) is 5.88. The molecule has 6 heteroatoms. The number of hydrogen-bond acceptors (Lipinski definition) is 5. The van der Waals surface area contributed by atoms with Gasteiger partial charge in [-0.1, -0.05) is 30.3 Å². The number of nitrogens with zero attached hydrogens (tertiary/aromatic N) is 1. The molecule has 1 amide bonds. The van der Waals surface area contributed by atoms with Gasteiger partial charge < -0.3 is 14.2 Å². The van der Waals surface area contributed by atoms with E-state index in [1.54, 1.807) is 0 Å². The van der Waals surface area contributed by atoms with Gasteiger partial charge in [-0.15, -0.1) is 0 Å². The summed E-state index contributed by atoms with van der Waals surface area (Å²) in [6, 6.07) is 9.40. The third-order valence-corrected chi connectivity index (χ3v) is 3.34. The van der Waals surface area contributed by atoms with Gasteiger partial charge in [-0.2, -0.15) is 0 Å². The molecule has 2 aliphatic heterocycles. The predicted octanol–water partition coefficient (Wildman–Crippen LogP) is 1.06. The Morgan fingerprint density at radius 3 is 2.80 bits per heavy atom. The Bertz CT molecular complexity index is 466. The highest BCUT2D eigenvalue weighted by Gasteiger charge is 2.43.